The van der Waals surface area contributed by atoms with Crippen molar-refractivity contribution in [2.24, 2.45) is 0 Å². The Balaban J connectivity index is 1.91. The van der Waals surface area contributed by atoms with Crippen molar-refractivity contribution in [3.63, 3.8) is 0 Å². The zero-order valence-electron chi connectivity index (χ0n) is 19.9. The van der Waals surface area contributed by atoms with Gasteiger partial charge >= 0.3 is 0 Å². The van der Waals surface area contributed by atoms with E-state index in [9.17, 15) is 14.7 Å². The summed E-state index contributed by atoms with van der Waals surface area (Å²) in [5.41, 5.74) is 3.34. The minimum absolute atomic E-state index is 0.00824. The minimum atomic E-state index is -0.603. The third-order valence-corrected chi connectivity index (χ3v) is 7.02. The summed E-state index contributed by atoms with van der Waals surface area (Å²) in [6.45, 7) is 6.00. The quantitative estimate of drug-likeness (QED) is 0.353. The number of benzene rings is 2. The van der Waals surface area contributed by atoms with Gasteiger partial charge in [-0.2, -0.15) is 0 Å². The first-order valence-electron chi connectivity index (χ1n) is 11.9. The molecule has 1 saturated carbocycles. The molecule has 1 saturated heterocycles. The van der Waals surface area contributed by atoms with Gasteiger partial charge < -0.3 is 14.7 Å². The molecule has 2 aromatic rings. The van der Waals surface area contributed by atoms with Crippen molar-refractivity contribution in [3.8, 4) is 5.75 Å². The van der Waals surface area contributed by atoms with E-state index >= 15 is 0 Å². The van der Waals surface area contributed by atoms with Crippen molar-refractivity contribution >= 4 is 17.4 Å². The van der Waals surface area contributed by atoms with Crippen molar-refractivity contribution in [2.75, 3.05) is 7.11 Å². The number of hydrogen-bond acceptors (Lipinski definition) is 4. The number of amides is 1. The SMILES string of the molecule is COc1cc(C)c(/C(O)=C2\C(=O)C(=O)N(C3CCCCC3)C2c2ccccc2)cc1C(C)C. The van der Waals surface area contributed by atoms with Gasteiger partial charge in [0.15, 0.2) is 0 Å². The normalized spacial score (nSPS) is 21.1. The Morgan fingerprint density at radius 1 is 1.06 bits per heavy atom. The highest BCUT2D eigenvalue weighted by Gasteiger charge is 2.48. The van der Waals surface area contributed by atoms with Crippen LogP contribution in [0.4, 0.5) is 0 Å². The Kier molecular flexibility index (Phi) is 6.59. The van der Waals surface area contributed by atoms with E-state index in [-0.39, 0.29) is 23.3 Å². The summed E-state index contributed by atoms with van der Waals surface area (Å²) in [7, 11) is 1.63. The number of aliphatic hydroxyl groups excluding tert-OH is 1. The zero-order valence-corrected chi connectivity index (χ0v) is 19.9. The molecule has 1 aliphatic carbocycles. The summed E-state index contributed by atoms with van der Waals surface area (Å²) in [5, 5.41) is 11.5. The van der Waals surface area contributed by atoms with Crippen LogP contribution >= 0.6 is 0 Å². The van der Waals surface area contributed by atoms with E-state index in [1.165, 1.54) is 0 Å². The molecule has 0 aromatic heterocycles. The minimum Gasteiger partial charge on any atom is -0.507 e. The van der Waals surface area contributed by atoms with Crippen LogP contribution in [-0.4, -0.2) is 34.8 Å². The van der Waals surface area contributed by atoms with Crippen molar-refractivity contribution in [1.82, 2.24) is 4.90 Å². The lowest BCUT2D eigenvalue weighted by atomic mass is 9.89. The van der Waals surface area contributed by atoms with E-state index in [1.54, 1.807) is 12.0 Å². The highest BCUT2D eigenvalue weighted by Crippen LogP contribution is 2.44. The van der Waals surface area contributed by atoms with Crippen LogP contribution in [0.1, 0.15) is 80.2 Å². The van der Waals surface area contributed by atoms with Gasteiger partial charge in [0, 0.05) is 11.6 Å². The molecule has 0 radical (unpaired) electrons. The molecule has 1 aliphatic heterocycles. The van der Waals surface area contributed by atoms with Crippen molar-refractivity contribution in [1.29, 1.82) is 0 Å². The first-order valence-corrected chi connectivity index (χ1v) is 11.9. The molecule has 4 rings (SSSR count). The number of ketones is 1. The Morgan fingerprint density at radius 3 is 2.33 bits per heavy atom. The van der Waals surface area contributed by atoms with Gasteiger partial charge in [-0.3, -0.25) is 9.59 Å². The fourth-order valence-corrected chi connectivity index (χ4v) is 5.27. The molecule has 33 heavy (non-hydrogen) atoms. The number of likely N-dealkylation sites (tertiary alicyclic amines) is 1. The molecule has 2 fully saturated rings. The molecule has 5 nitrogen and oxygen atoms in total. The first-order chi connectivity index (χ1) is 15.8. The average molecular weight is 448 g/mol. The van der Waals surface area contributed by atoms with Crippen LogP contribution in [0.25, 0.3) is 5.76 Å². The van der Waals surface area contributed by atoms with Crippen molar-refractivity contribution in [3.05, 3.63) is 70.3 Å². The van der Waals surface area contributed by atoms with Gasteiger partial charge in [0.05, 0.1) is 18.7 Å². The van der Waals surface area contributed by atoms with Crippen LogP contribution in [0, 0.1) is 6.92 Å². The van der Waals surface area contributed by atoms with Crippen LogP contribution in [0.5, 0.6) is 5.75 Å². The molecule has 1 heterocycles. The van der Waals surface area contributed by atoms with Crippen LogP contribution in [0.3, 0.4) is 0 Å². The number of aliphatic hydroxyl groups is 1. The maximum atomic E-state index is 13.4. The van der Waals surface area contributed by atoms with E-state index in [4.69, 9.17) is 4.74 Å². The highest BCUT2D eigenvalue weighted by molar-refractivity contribution is 6.46. The van der Waals surface area contributed by atoms with Gasteiger partial charge in [0.2, 0.25) is 0 Å². The zero-order chi connectivity index (χ0) is 23.7. The number of ether oxygens (including phenoxy) is 1. The molecule has 0 spiro atoms. The molecule has 2 aromatic carbocycles. The monoisotopic (exact) mass is 447 g/mol. The topological polar surface area (TPSA) is 66.8 Å². The fraction of sp³-hybridized carbons (Fsp3) is 0.429. The number of Topliss-reactive ketones (excluding diaryl/α,β-unsaturated/α-hetero) is 1. The Morgan fingerprint density at radius 2 is 1.73 bits per heavy atom. The first kappa shape index (κ1) is 23.1. The van der Waals surface area contributed by atoms with Crippen molar-refractivity contribution < 1.29 is 19.4 Å². The second-order valence-corrected chi connectivity index (χ2v) is 9.47. The molecule has 2 aliphatic rings. The lowest BCUT2D eigenvalue weighted by molar-refractivity contribution is -0.141. The summed E-state index contributed by atoms with van der Waals surface area (Å²) in [6.07, 6.45) is 5.01. The number of rotatable bonds is 5. The highest BCUT2D eigenvalue weighted by atomic mass is 16.5. The molecule has 1 atom stereocenters. The second kappa shape index (κ2) is 9.42. The summed E-state index contributed by atoms with van der Waals surface area (Å²) in [4.78, 5) is 28.4. The smallest absolute Gasteiger partial charge is 0.295 e. The van der Waals surface area contributed by atoms with Gasteiger partial charge in [-0.15, -0.1) is 0 Å². The van der Waals surface area contributed by atoms with E-state index in [2.05, 4.69) is 13.8 Å². The lowest BCUT2D eigenvalue weighted by Crippen LogP contribution is -2.40. The van der Waals surface area contributed by atoms with E-state index in [0.717, 1.165) is 54.5 Å². The van der Waals surface area contributed by atoms with Crippen molar-refractivity contribution in [2.45, 2.75) is 70.9 Å². The predicted octanol–water partition coefficient (Wildman–Crippen LogP) is 5.88. The molecule has 5 heteroatoms. The summed E-state index contributed by atoms with van der Waals surface area (Å²) >= 11 is 0. The number of carbonyl (C=O) groups excluding carboxylic acids is 2. The maximum absolute atomic E-state index is 13.4. The number of methoxy groups -OCH3 is 1. The number of carbonyl (C=O) groups is 2. The third-order valence-electron chi connectivity index (χ3n) is 7.02. The summed E-state index contributed by atoms with van der Waals surface area (Å²) in [5.74, 6) is -0.300. The van der Waals surface area contributed by atoms with Crippen LogP contribution < -0.4 is 4.74 Å². The molecule has 1 amide bonds. The molecule has 174 valence electrons. The maximum Gasteiger partial charge on any atom is 0.295 e. The third kappa shape index (κ3) is 4.17. The average Bonchev–Trinajstić information content (AvgIpc) is 3.09. The number of aryl methyl sites for hydroxylation is 1. The van der Waals surface area contributed by atoms with Crippen LogP contribution in [0.2, 0.25) is 0 Å². The van der Waals surface area contributed by atoms with Crippen LogP contribution in [0.15, 0.2) is 48.0 Å². The largest absolute Gasteiger partial charge is 0.507 e. The van der Waals surface area contributed by atoms with E-state index in [1.807, 2.05) is 49.4 Å². The van der Waals surface area contributed by atoms with Crippen LogP contribution in [-0.2, 0) is 9.59 Å². The number of nitrogens with zero attached hydrogens (tertiary/aromatic N) is 1. The predicted molar refractivity (Wildman–Crippen MR) is 129 cm³/mol. The molecular formula is C28H33NO4. The summed E-state index contributed by atoms with van der Waals surface area (Å²) in [6, 6.07) is 12.8. The van der Waals surface area contributed by atoms with Gasteiger partial charge in [-0.1, -0.05) is 63.4 Å². The molecular weight excluding hydrogens is 414 g/mol. The van der Waals surface area contributed by atoms with Gasteiger partial charge in [0.1, 0.15) is 11.5 Å². The molecule has 1 N–H and O–H groups in total. The summed E-state index contributed by atoms with van der Waals surface area (Å²) < 4.78 is 5.55. The van der Waals surface area contributed by atoms with Gasteiger partial charge in [0.25, 0.3) is 11.7 Å². The molecule has 0 bridgehead atoms. The van der Waals surface area contributed by atoms with E-state index in [0.29, 0.717) is 5.56 Å². The fourth-order valence-electron chi connectivity index (χ4n) is 5.27. The lowest BCUT2D eigenvalue weighted by Gasteiger charge is -2.35. The second-order valence-electron chi connectivity index (χ2n) is 9.47. The standard InChI is InChI=1S/C28H33NO4/c1-17(2)21-16-22(18(3)15-23(21)33-4)26(30)24-25(19-11-7-5-8-12-19)29(28(32)27(24)31)20-13-9-6-10-14-20/h5,7-8,11-12,15-17,20,25,30H,6,9-10,13-14H2,1-4H3/b26-24+. The Bertz CT molecular complexity index is 1080. The Hall–Kier alpha value is -3.08. The van der Waals surface area contributed by atoms with Gasteiger partial charge in [-0.25, -0.2) is 0 Å². The number of hydrogen-bond donors (Lipinski definition) is 1. The van der Waals surface area contributed by atoms with Gasteiger partial charge in [-0.05, 0) is 54.5 Å². The van der Waals surface area contributed by atoms with E-state index < -0.39 is 17.7 Å². The Labute approximate surface area is 196 Å². The molecule has 1 unspecified atom stereocenters.